The third kappa shape index (κ3) is 3.84. The van der Waals surface area contributed by atoms with Crippen molar-refractivity contribution >= 4 is 11.9 Å². The third-order valence-electron chi connectivity index (χ3n) is 4.57. The van der Waals surface area contributed by atoms with E-state index in [4.69, 9.17) is 14.3 Å². The molecule has 2 heterocycles. The number of carbonyl (C=O) groups is 2. The minimum atomic E-state index is -1.11. The number of amides is 1. The third-order valence-corrected chi connectivity index (χ3v) is 4.57. The van der Waals surface area contributed by atoms with E-state index in [1.807, 2.05) is 18.2 Å². The Hall–Kier alpha value is -2.76. The van der Waals surface area contributed by atoms with Crippen molar-refractivity contribution in [1.29, 1.82) is 0 Å². The van der Waals surface area contributed by atoms with Crippen LogP contribution in [-0.2, 0) is 0 Å². The highest BCUT2D eigenvalue weighted by Crippen LogP contribution is 2.22. The number of furan rings is 1. The quantitative estimate of drug-likeness (QED) is 0.921. The number of benzene rings is 1. The summed E-state index contributed by atoms with van der Waals surface area (Å²) in [5.41, 5.74) is 2.40. The molecule has 1 aliphatic heterocycles. The Bertz CT molecular complexity index is 787. The van der Waals surface area contributed by atoms with Crippen LogP contribution in [0.25, 0.3) is 0 Å². The molecule has 0 unspecified atom stereocenters. The first-order valence-electron chi connectivity index (χ1n) is 8.29. The molecule has 2 aromatic rings. The van der Waals surface area contributed by atoms with E-state index in [1.165, 1.54) is 17.2 Å². The number of hydrogen-bond acceptors (Lipinski definition) is 4. The van der Waals surface area contributed by atoms with Gasteiger partial charge in [-0.2, -0.15) is 0 Å². The molecule has 1 aromatic carbocycles. The van der Waals surface area contributed by atoms with Gasteiger partial charge >= 0.3 is 5.97 Å². The highest BCUT2D eigenvalue weighted by atomic mass is 16.5. The lowest BCUT2D eigenvalue weighted by Gasteiger charge is -2.31. The van der Waals surface area contributed by atoms with Crippen molar-refractivity contribution < 1.29 is 23.8 Å². The van der Waals surface area contributed by atoms with Crippen LogP contribution in [0.4, 0.5) is 0 Å². The monoisotopic (exact) mass is 343 g/mol. The van der Waals surface area contributed by atoms with Crippen LogP contribution >= 0.6 is 0 Å². The zero-order chi connectivity index (χ0) is 18.0. The Morgan fingerprint density at radius 1 is 1.16 bits per heavy atom. The summed E-state index contributed by atoms with van der Waals surface area (Å²) < 4.78 is 11.1. The zero-order valence-corrected chi connectivity index (χ0v) is 14.3. The normalized spacial score (nSPS) is 15.2. The van der Waals surface area contributed by atoms with Crippen LogP contribution in [-0.4, -0.2) is 41.1 Å². The Labute approximate surface area is 146 Å². The predicted molar refractivity (Wildman–Crippen MR) is 91.1 cm³/mol. The van der Waals surface area contributed by atoms with Crippen LogP contribution in [0.5, 0.6) is 5.75 Å². The van der Waals surface area contributed by atoms with Crippen LogP contribution in [0.3, 0.4) is 0 Å². The Kier molecular flexibility index (Phi) is 4.79. The molecule has 25 heavy (non-hydrogen) atoms. The number of hydrogen-bond donors (Lipinski definition) is 1. The summed E-state index contributed by atoms with van der Waals surface area (Å²) in [4.78, 5) is 24.9. The summed E-state index contributed by atoms with van der Waals surface area (Å²) >= 11 is 0. The fraction of sp³-hybridized carbons (Fsp3) is 0.368. The van der Waals surface area contributed by atoms with Crippen molar-refractivity contribution in [2.75, 3.05) is 13.1 Å². The lowest BCUT2D eigenvalue weighted by Crippen LogP contribution is -2.41. The van der Waals surface area contributed by atoms with E-state index in [2.05, 4.69) is 13.8 Å². The highest BCUT2D eigenvalue weighted by molar-refractivity contribution is 5.95. The van der Waals surface area contributed by atoms with Crippen molar-refractivity contribution in [2.45, 2.75) is 32.8 Å². The van der Waals surface area contributed by atoms with Gasteiger partial charge in [-0.3, -0.25) is 4.79 Å². The molecule has 0 aliphatic carbocycles. The second kappa shape index (κ2) is 7.01. The molecule has 6 nitrogen and oxygen atoms in total. The zero-order valence-electron chi connectivity index (χ0n) is 14.3. The fourth-order valence-electron chi connectivity index (χ4n) is 2.87. The van der Waals surface area contributed by atoms with Crippen LogP contribution in [0, 0.1) is 13.8 Å². The van der Waals surface area contributed by atoms with E-state index in [9.17, 15) is 9.59 Å². The maximum Gasteiger partial charge on any atom is 0.338 e. The van der Waals surface area contributed by atoms with Gasteiger partial charge in [0.25, 0.3) is 5.91 Å². The summed E-state index contributed by atoms with van der Waals surface area (Å²) in [6, 6.07) is 7.31. The van der Waals surface area contributed by atoms with Gasteiger partial charge in [-0.05, 0) is 37.1 Å². The Balaban J connectivity index is 1.56. The maximum atomic E-state index is 12.4. The molecule has 1 amide bonds. The average Bonchev–Trinajstić information content (AvgIpc) is 3.09. The number of nitrogens with zero attached hydrogens (tertiary/aromatic N) is 1. The molecule has 0 radical (unpaired) electrons. The lowest BCUT2D eigenvalue weighted by atomic mass is 10.1. The second-order valence-corrected chi connectivity index (χ2v) is 6.36. The second-order valence-electron chi connectivity index (χ2n) is 6.36. The molecule has 1 aliphatic rings. The molecule has 1 aromatic heterocycles. The van der Waals surface area contributed by atoms with Crippen LogP contribution in [0.1, 0.15) is 44.9 Å². The van der Waals surface area contributed by atoms with E-state index < -0.39 is 5.97 Å². The molecule has 0 bridgehead atoms. The van der Waals surface area contributed by atoms with Gasteiger partial charge in [-0.15, -0.1) is 0 Å². The first kappa shape index (κ1) is 17.1. The smallest absolute Gasteiger partial charge is 0.338 e. The van der Waals surface area contributed by atoms with Gasteiger partial charge in [0.05, 0.1) is 5.56 Å². The molecular weight excluding hydrogens is 322 g/mol. The number of carboxylic acids is 1. The number of aryl methyl sites for hydroxylation is 2. The number of carbonyl (C=O) groups excluding carboxylic acids is 1. The first-order valence-corrected chi connectivity index (χ1v) is 8.29. The number of carboxylic acid groups (broad SMARTS) is 1. The summed E-state index contributed by atoms with van der Waals surface area (Å²) in [7, 11) is 0. The van der Waals surface area contributed by atoms with E-state index in [0.717, 1.165) is 24.9 Å². The highest BCUT2D eigenvalue weighted by Gasteiger charge is 2.27. The molecule has 1 saturated heterocycles. The van der Waals surface area contributed by atoms with Gasteiger partial charge in [0, 0.05) is 32.0 Å². The van der Waals surface area contributed by atoms with Gasteiger partial charge in [-0.25, -0.2) is 4.79 Å². The molecule has 0 spiro atoms. The van der Waals surface area contributed by atoms with E-state index >= 15 is 0 Å². The Morgan fingerprint density at radius 3 is 2.48 bits per heavy atom. The van der Waals surface area contributed by atoms with Gasteiger partial charge < -0.3 is 19.2 Å². The van der Waals surface area contributed by atoms with Crippen molar-refractivity contribution in [2.24, 2.45) is 0 Å². The van der Waals surface area contributed by atoms with Gasteiger partial charge in [0.15, 0.2) is 5.76 Å². The van der Waals surface area contributed by atoms with Crippen LogP contribution < -0.4 is 4.74 Å². The van der Waals surface area contributed by atoms with Crippen molar-refractivity contribution in [3.8, 4) is 5.75 Å². The lowest BCUT2D eigenvalue weighted by molar-refractivity contribution is 0.0566. The largest absolute Gasteiger partial charge is 0.490 e. The summed E-state index contributed by atoms with van der Waals surface area (Å²) in [5.74, 6) is -0.476. The number of likely N-dealkylation sites (tertiary alicyclic amines) is 1. The van der Waals surface area contributed by atoms with Crippen molar-refractivity contribution in [3.63, 3.8) is 0 Å². The summed E-state index contributed by atoms with van der Waals surface area (Å²) in [6.07, 6.45) is 2.61. The number of ether oxygens (including phenoxy) is 1. The van der Waals surface area contributed by atoms with Crippen LogP contribution in [0.2, 0.25) is 0 Å². The van der Waals surface area contributed by atoms with Gasteiger partial charge in [-0.1, -0.05) is 6.07 Å². The minimum absolute atomic E-state index is 0.0173. The number of piperidine rings is 1. The Morgan fingerprint density at radius 2 is 1.88 bits per heavy atom. The molecule has 1 N–H and O–H groups in total. The van der Waals surface area contributed by atoms with E-state index in [-0.39, 0.29) is 23.3 Å². The van der Waals surface area contributed by atoms with Gasteiger partial charge in [0.2, 0.25) is 0 Å². The summed E-state index contributed by atoms with van der Waals surface area (Å²) in [6.45, 7) is 5.22. The molecular formula is C19H21NO5. The van der Waals surface area contributed by atoms with Crippen LogP contribution in [0.15, 0.2) is 34.9 Å². The maximum absolute atomic E-state index is 12.4. The number of aromatic carboxylic acids is 1. The molecule has 0 atom stereocenters. The summed E-state index contributed by atoms with van der Waals surface area (Å²) in [5, 5.41) is 8.90. The average molecular weight is 343 g/mol. The number of rotatable bonds is 4. The predicted octanol–water partition coefficient (Wildman–Crippen LogP) is 3.28. The van der Waals surface area contributed by atoms with E-state index in [0.29, 0.717) is 13.1 Å². The van der Waals surface area contributed by atoms with E-state index in [1.54, 1.807) is 4.90 Å². The molecule has 0 saturated carbocycles. The van der Waals surface area contributed by atoms with Crippen molar-refractivity contribution in [3.05, 3.63) is 53.0 Å². The van der Waals surface area contributed by atoms with Crippen molar-refractivity contribution in [1.82, 2.24) is 4.90 Å². The first-order chi connectivity index (χ1) is 11.9. The topological polar surface area (TPSA) is 80.0 Å². The van der Waals surface area contributed by atoms with Gasteiger partial charge in [0.1, 0.15) is 18.1 Å². The molecule has 6 heteroatoms. The fourth-order valence-corrected chi connectivity index (χ4v) is 2.87. The molecule has 132 valence electrons. The standard InChI is InChI=1S/C19H21NO5/c1-12-3-4-16(9-13(12)2)25-15-5-7-20(8-6-15)18(21)17-10-14(11-24-17)19(22)23/h3-4,9-11,15H,5-8H2,1-2H3,(H,22,23). The SMILES string of the molecule is Cc1ccc(OC2CCN(C(=O)c3cc(C(=O)O)co3)CC2)cc1C. The minimum Gasteiger partial charge on any atom is -0.490 e. The molecule has 1 fully saturated rings. The molecule has 3 rings (SSSR count).